The molecule has 1 aliphatic rings. The van der Waals surface area contributed by atoms with Gasteiger partial charge in [0, 0.05) is 48.2 Å². The first kappa shape index (κ1) is 42.9. The number of nitrogens with zero attached hydrogens (tertiary/aromatic N) is 5. The SMILES string of the molecule is Cn1nc(CS(C)(=O)=O)c2c(Cl)ccc(-c3ccc(C#CC(C)(C)S(=O)(=O)C4CC4)nc3[C@@H](CC(=O)Cn3nc(C(F)F)cc3C(F)F)Cc3cc(F)cc(F)c3)c21. The van der Waals surface area contributed by atoms with Gasteiger partial charge in [-0.25, -0.2) is 48.2 Å². The molecule has 0 N–H and O–H groups in total. The Bertz CT molecular complexity index is 2700. The van der Waals surface area contributed by atoms with E-state index in [2.05, 4.69) is 22.0 Å². The van der Waals surface area contributed by atoms with Crippen molar-refractivity contribution in [1.82, 2.24) is 24.5 Å². The van der Waals surface area contributed by atoms with Crippen LogP contribution in [0.15, 0.2) is 48.5 Å². The Labute approximate surface area is 335 Å². The molecule has 0 amide bonds. The molecule has 2 aromatic carbocycles. The number of aryl methyl sites for hydroxylation is 1. The fourth-order valence-corrected chi connectivity index (χ4v) is 9.58. The van der Waals surface area contributed by atoms with E-state index in [1.165, 1.54) is 30.7 Å². The molecule has 0 aliphatic heterocycles. The second-order valence-corrected chi connectivity index (χ2v) is 20.1. The first-order valence-electron chi connectivity index (χ1n) is 17.7. The zero-order chi connectivity index (χ0) is 42.5. The van der Waals surface area contributed by atoms with Crippen LogP contribution < -0.4 is 0 Å². The van der Waals surface area contributed by atoms with Crippen molar-refractivity contribution in [3.8, 4) is 23.0 Å². The lowest BCUT2D eigenvalue weighted by molar-refractivity contribution is -0.120. The minimum Gasteiger partial charge on any atom is -0.298 e. The van der Waals surface area contributed by atoms with Gasteiger partial charge in [0.05, 0.1) is 32.9 Å². The van der Waals surface area contributed by atoms with Crippen molar-refractivity contribution in [3.05, 3.63) is 99.2 Å². The second kappa shape index (κ2) is 16.1. The number of ketones is 1. The normalized spacial score (nSPS) is 14.3. The first-order chi connectivity index (χ1) is 27.0. The number of rotatable bonds is 14. The zero-order valence-corrected chi connectivity index (χ0v) is 33.8. The van der Waals surface area contributed by atoms with Crippen LogP contribution in [0.1, 0.15) is 85.9 Å². The van der Waals surface area contributed by atoms with Crippen LogP contribution in [0.5, 0.6) is 0 Å². The van der Waals surface area contributed by atoms with Gasteiger partial charge in [-0.3, -0.25) is 14.2 Å². The number of benzene rings is 2. The van der Waals surface area contributed by atoms with Gasteiger partial charge in [0.25, 0.3) is 12.9 Å². The van der Waals surface area contributed by atoms with Gasteiger partial charge in [-0.1, -0.05) is 23.6 Å². The molecule has 3 heterocycles. The number of Topliss-reactive ketones (excluding diaryl/α,β-unsaturated/α-hetero) is 1. The van der Waals surface area contributed by atoms with Gasteiger partial charge in [0.2, 0.25) is 0 Å². The maximum Gasteiger partial charge on any atom is 0.282 e. The molecular weight excluding hydrogens is 832 g/mol. The quantitative estimate of drug-likeness (QED) is 0.0814. The smallest absolute Gasteiger partial charge is 0.282 e. The Morgan fingerprint density at radius 2 is 1.60 bits per heavy atom. The van der Waals surface area contributed by atoms with Crippen LogP contribution in [0.4, 0.5) is 26.3 Å². The summed E-state index contributed by atoms with van der Waals surface area (Å²) in [6.45, 7) is 2.06. The number of hydrogen-bond acceptors (Lipinski definition) is 8. The third kappa shape index (κ3) is 9.26. The standard InChI is InChI=1S/C39H36ClF6N5O5S2/c1-39(2,58(55,56)27-6-7-27)12-11-25-5-8-28(29-9-10-30(40)34-32(20-57(4,53)54)48-50(3)36(29)34)35(47-25)22(13-21-14-23(41)17-24(42)15-21)16-26(52)19-51-33(38(45)46)18-31(49-51)37(43)44/h5,8-10,14-15,17-18,22,27,37-38H,6-7,13,16,19-20H2,1-4H3/t22-/m1/s1. The molecule has 1 saturated carbocycles. The van der Waals surface area contributed by atoms with E-state index in [1.54, 1.807) is 19.2 Å². The number of hydrogen-bond donors (Lipinski definition) is 0. The molecule has 1 atom stereocenters. The van der Waals surface area contributed by atoms with Crippen molar-refractivity contribution in [2.75, 3.05) is 6.26 Å². The van der Waals surface area contributed by atoms with Crippen molar-refractivity contribution in [1.29, 1.82) is 0 Å². The van der Waals surface area contributed by atoms with Crippen molar-refractivity contribution in [2.45, 2.75) is 80.6 Å². The maximum absolute atomic E-state index is 14.6. The summed E-state index contributed by atoms with van der Waals surface area (Å²) in [5.74, 6) is 1.39. The molecule has 0 unspecified atom stereocenters. The van der Waals surface area contributed by atoms with Gasteiger partial charge in [-0.15, -0.1) is 0 Å². The highest BCUT2D eigenvalue weighted by Crippen LogP contribution is 2.40. The molecule has 0 radical (unpaired) electrons. The highest BCUT2D eigenvalue weighted by molar-refractivity contribution is 7.93. The predicted octanol–water partition coefficient (Wildman–Crippen LogP) is 7.88. The summed E-state index contributed by atoms with van der Waals surface area (Å²) in [7, 11) is -5.70. The van der Waals surface area contributed by atoms with Gasteiger partial charge in [-0.2, -0.15) is 10.2 Å². The van der Waals surface area contributed by atoms with Crippen molar-refractivity contribution in [2.24, 2.45) is 7.05 Å². The summed E-state index contributed by atoms with van der Waals surface area (Å²) in [5, 5.41) is 7.88. The zero-order valence-electron chi connectivity index (χ0n) is 31.4. The molecule has 0 spiro atoms. The topological polar surface area (TPSA) is 134 Å². The van der Waals surface area contributed by atoms with Crippen LogP contribution >= 0.6 is 11.6 Å². The van der Waals surface area contributed by atoms with Crippen LogP contribution in [0.25, 0.3) is 22.0 Å². The number of fused-ring (bicyclic) bond motifs is 1. The summed E-state index contributed by atoms with van der Waals surface area (Å²) >= 11 is 6.62. The molecule has 19 heteroatoms. The monoisotopic (exact) mass is 867 g/mol. The molecule has 3 aromatic heterocycles. The van der Waals surface area contributed by atoms with Crippen molar-refractivity contribution < 1.29 is 48.0 Å². The van der Waals surface area contributed by atoms with Gasteiger partial charge < -0.3 is 0 Å². The highest BCUT2D eigenvalue weighted by atomic mass is 35.5. The molecular formula is C39H36ClF6N5O5S2. The predicted molar refractivity (Wildman–Crippen MR) is 205 cm³/mol. The summed E-state index contributed by atoms with van der Waals surface area (Å²) in [4.78, 5) is 18.6. The largest absolute Gasteiger partial charge is 0.298 e. The van der Waals surface area contributed by atoms with E-state index in [4.69, 9.17) is 16.6 Å². The Balaban J connectivity index is 1.55. The number of pyridine rings is 1. The lowest BCUT2D eigenvalue weighted by Gasteiger charge is -2.21. The lowest BCUT2D eigenvalue weighted by atomic mass is 9.86. The minimum atomic E-state index is -3.66. The maximum atomic E-state index is 14.6. The van der Waals surface area contributed by atoms with Crippen LogP contribution in [0.2, 0.25) is 5.02 Å². The van der Waals surface area contributed by atoms with E-state index in [9.17, 15) is 48.0 Å². The molecule has 6 rings (SSSR count). The molecule has 5 aromatic rings. The van der Waals surface area contributed by atoms with E-state index >= 15 is 0 Å². The van der Waals surface area contributed by atoms with E-state index in [1.807, 2.05) is 0 Å². The number of alkyl halides is 4. The third-order valence-electron chi connectivity index (χ3n) is 9.66. The molecule has 1 aliphatic carbocycles. The fourth-order valence-electron chi connectivity index (χ4n) is 6.84. The van der Waals surface area contributed by atoms with Gasteiger partial charge in [-0.05, 0) is 81.0 Å². The Morgan fingerprint density at radius 3 is 2.21 bits per heavy atom. The van der Waals surface area contributed by atoms with Crippen LogP contribution in [0.3, 0.4) is 0 Å². The number of carbonyl (C=O) groups excluding carboxylic acids is 1. The summed E-state index contributed by atoms with van der Waals surface area (Å²) < 4.78 is 135. The molecule has 58 heavy (non-hydrogen) atoms. The summed E-state index contributed by atoms with van der Waals surface area (Å²) in [6.07, 6.45) is -5.23. The van der Waals surface area contributed by atoms with E-state index in [-0.39, 0.29) is 34.1 Å². The Hall–Kier alpha value is -4.73. The Morgan fingerprint density at radius 1 is 0.948 bits per heavy atom. The molecule has 10 nitrogen and oxygen atoms in total. The molecule has 308 valence electrons. The first-order valence-corrected chi connectivity index (χ1v) is 21.7. The van der Waals surface area contributed by atoms with Gasteiger partial charge >= 0.3 is 0 Å². The second-order valence-electron chi connectivity index (χ2n) is 14.8. The Kier molecular flexibility index (Phi) is 11.9. The third-order valence-corrected chi connectivity index (χ3v) is 13.6. The van der Waals surface area contributed by atoms with E-state index < -0.39 is 96.0 Å². The fraction of sp³-hybridized carbons (Fsp3) is 0.385. The minimum absolute atomic E-state index is 0.0438. The summed E-state index contributed by atoms with van der Waals surface area (Å²) in [6, 6.07) is 9.37. The number of halogens is 7. The van der Waals surface area contributed by atoms with Crippen LogP contribution in [-0.2, 0) is 50.2 Å². The molecule has 0 bridgehead atoms. The summed E-state index contributed by atoms with van der Waals surface area (Å²) in [5.41, 5.74) is -0.511. The molecule has 1 fully saturated rings. The van der Waals surface area contributed by atoms with Crippen molar-refractivity contribution >= 4 is 48.0 Å². The average Bonchev–Trinajstić information content (AvgIpc) is 3.81. The van der Waals surface area contributed by atoms with Crippen LogP contribution in [-0.4, -0.2) is 63.4 Å². The van der Waals surface area contributed by atoms with Crippen molar-refractivity contribution in [3.63, 3.8) is 0 Å². The number of sulfone groups is 2. The van der Waals surface area contributed by atoms with Gasteiger partial charge in [0.1, 0.15) is 40.0 Å². The lowest BCUT2D eigenvalue weighted by Crippen LogP contribution is -2.33. The van der Waals surface area contributed by atoms with Crippen LogP contribution in [0, 0.1) is 23.5 Å². The number of aromatic nitrogens is 5. The average molecular weight is 868 g/mol. The van der Waals surface area contributed by atoms with E-state index in [0.717, 1.165) is 18.4 Å². The highest BCUT2D eigenvalue weighted by Gasteiger charge is 2.45. The number of carbonyl (C=O) groups is 1. The van der Waals surface area contributed by atoms with E-state index in [0.29, 0.717) is 51.7 Å². The van der Waals surface area contributed by atoms with Gasteiger partial charge in [0.15, 0.2) is 25.5 Å². The molecule has 0 saturated heterocycles.